The van der Waals surface area contributed by atoms with Crippen LogP contribution in [0.4, 0.5) is 0 Å². The van der Waals surface area contributed by atoms with Crippen LogP contribution in [0.1, 0.15) is 111 Å². The minimum atomic E-state index is -0.172. The molecule has 0 atom stereocenters. The average molecular weight is 414 g/mol. The van der Waals surface area contributed by atoms with Crippen LogP contribution < -0.4 is 0 Å². The monoisotopic (exact) mass is 413 g/mol. The van der Waals surface area contributed by atoms with E-state index in [-0.39, 0.29) is 11.9 Å². The van der Waals surface area contributed by atoms with Crippen LogP contribution in [0.25, 0.3) is 0 Å². The highest BCUT2D eigenvalue weighted by Crippen LogP contribution is 2.09. The molecule has 0 fully saturated rings. The van der Waals surface area contributed by atoms with Gasteiger partial charge in [0.05, 0.1) is 13.2 Å². The summed E-state index contributed by atoms with van der Waals surface area (Å²) in [6.45, 7) is 10.5. The van der Waals surface area contributed by atoms with Crippen molar-refractivity contribution in [3.63, 3.8) is 0 Å². The Balaban J connectivity index is 3.51. The second-order valence-corrected chi connectivity index (χ2v) is 8.04. The summed E-state index contributed by atoms with van der Waals surface area (Å²) in [5, 5.41) is 0. The second-order valence-electron chi connectivity index (χ2n) is 8.04. The van der Waals surface area contributed by atoms with Gasteiger partial charge in [0.15, 0.2) is 0 Å². The van der Waals surface area contributed by atoms with Gasteiger partial charge in [0.2, 0.25) is 0 Å². The molecule has 0 saturated heterocycles. The van der Waals surface area contributed by atoms with Crippen molar-refractivity contribution in [3.8, 4) is 0 Å². The van der Waals surface area contributed by atoms with Crippen molar-refractivity contribution in [3.05, 3.63) is 0 Å². The molecule has 0 rings (SSSR count). The molecule has 0 heterocycles. The first kappa shape index (κ1) is 27.9. The zero-order valence-corrected chi connectivity index (χ0v) is 19.5. The van der Waals surface area contributed by atoms with E-state index >= 15 is 0 Å². The summed E-state index contributed by atoms with van der Waals surface area (Å²) < 4.78 is 10.1. The molecule has 0 N–H and O–H groups in total. The van der Waals surface area contributed by atoms with E-state index in [0.717, 1.165) is 32.1 Å². The fraction of sp³-hybridized carbons (Fsp3) is 0.917. The number of hydrogen-bond acceptors (Lipinski definition) is 5. The van der Waals surface area contributed by atoms with Crippen LogP contribution in [-0.4, -0.2) is 49.7 Å². The molecule has 0 aromatic carbocycles. The summed E-state index contributed by atoms with van der Waals surface area (Å²) in [5.41, 5.74) is 0. The van der Waals surface area contributed by atoms with Gasteiger partial charge in [-0.2, -0.15) is 0 Å². The SMILES string of the molecule is CCCC(=O)OCCCCCCCN(CCC)CCCCCCCCOC(C)=O. The molecule has 0 saturated carbocycles. The lowest BCUT2D eigenvalue weighted by molar-refractivity contribution is -0.144. The Hall–Kier alpha value is -1.10. The maximum atomic E-state index is 11.3. The lowest BCUT2D eigenvalue weighted by atomic mass is 10.1. The van der Waals surface area contributed by atoms with Gasteiger partial charge in [-0.15, -0.1) is 0 Å². The molecular formula is C24H47NO4. The number of esters is 2. The smallest absolute Gasteiger partial charge is 0.305 e. The Labute approximate surface area is 179 Å². The maximum absolute atomic E-state index is 11.3. The molecule has 0 amide bonds. The van der Waals surface area contributed by atoms with E-state index in [9.17, 15) is 9.59 Å². The van der Waals surface area contributed by atoms with Gasteiger partial charge in [0.1, 0.15) is 0 Å². The largest absolute Gasteiger partial charge is 0.466 e. The van der Waals surface area contributed by atoms with Gasteiger partial charge < -0.3 is 14.4 Å². The number of ether oxygens (including phenoxy) is 2. The van der Waals surface area contributed by atoms with Crippen LogP contribution in [0, 0.1) is 0 Å². The van der Waals surface area contributed by atoms with Gasteiger partial charge in [0.25, 0.3) is 0 Å². The van der Waals surface area contributed by atoms with Gasteiger partial charge in [-0.3, -0.25) is 9.59 Å². The molecule has 0 unspecified atom stereocenters. The van der Waals surface area contributed by atoms with Crippen LogP contribution in [0.3, 0.4) is 0 Å². The van der Waals surface area contributed by atoms with Crippen molar-refractivity contribution >= 4 is 11.9 Å². The van der Waals surface area contributed by atoms with Gasteiger partial charge in [-0.25, -0.2) is 0 Å². The van der Waals surface area contributed by atoms with E-state index in [1.54, 1.807) is 0 Å². The summed E-state index contributed by atoms with van der Waals surface area (Å²) in [5.74, 6) is -0.223. The first-order valence-electron chi connectivity index (χ1n) is 12.1. The molecule has 0 aromatic heterocycles. The van der Waals surface area contributed by atoms with Crippen molar-refractivity contribution in [2.45, 2.75) is 111 Å². The van der Waals surface area contributed by atoms with Gasteiger partial charge in [-0.05, 0) is 58.2 Å². The Kier molecular flexibility index (Phi) is 20.8. The molecule has 0 radical (unpaired) electrons. The molecule has 5 nitrogen and oxygen atoms in total. The average Bonchev–Trinajstić information content (AvgIpc) is 2.68. The third-order valence-electron chi connectivity index (χ3n) is 5.05. The summed E-state index contributed by atoms with van der Waals surface area (Å²) in [6.07, 6.45) is 15.8. The lowest BCUT2D eigenvalue weighted by Gasteiger charge is -2.21. The number of rotatable bonds is 21. The van der Waals surface area contributed by atoms with E-state index < -0.39 is 0 Å². The Bertz CT molecular complexity index is 387. The third-order valence-corrected chi connectivity index (χ3v) is 5.05. The Morgan fingerprint density at radius 3 is 1.59 bits per heavy atom. The fourth-order valence-electron chi connectivity index (χ4n) is 3.44. The summed E-state index contributed by atoms with van der Waals surface area (Å²) in [7, 11) is 0. The first-order chi connectivity index (χ1) is 14.1. The van der Waals surface area contributed by atoms with Crippen LogP contribution in [0.5, 0.6) is 0 Å². The van der Waals surface area contributed by atoms with Gasteiger partial charge in [0, 0.05) is 13.3 Å². The van der Waals surface area contributed by atoms with Crippen molar-refractivity contribution in [2.75, 3.05) is 32.8 Å². The predicted octanol–water partition coefficient (Wildman–Crippen LogP) is 5.90. The van der Waals surface area contributed by atoms with Crippen LogP contribution in [-0.2, 0) is 19.1 Å². The fourth-order valence-corrected chi connectivity index (χ4v) is 3.44. The highest BCUT2D eigenvalue weighted by Gasteiger charge is 2.04. The third kappa shape index (κ3) is 21.4. The molecule has 0 aromatic rings. The zero-order valence-electron chi connectivity index (χ0n) is 19.5. The Morgan fingerprint density at radius 2 is 1.10 bits per heavy atom. The molecular weight excluding hydrogens is 366 g/mol. The van der Waals surface area contributed by atoms with E-state index in [0.29, 0.717) is 19.6 Å². The number of unbranched alkanes of at least 4 members (excludes halogenated alkanes) is 9. The number of nitrogens with zero attached hydrogens (tertiary/aromatic N) is 1. The maximum Gasteiger partial charge on any atom is 0.305 e. The Morgan fingerprint density at radius 1 is 0.621 bits per heavy atom. The molecule has 29 heavy (non-hydrogen) atoms. The van der Waals surface area contributed by atoms with Crippen molar-refractivity contribution < 1.29 is 19.1 Å². The lowest BCUT2D eigenvalue weighted by Crippen LogP contribution is -2.27. The minimum Gasteiger partial charge on any atom is -0.466 e. The molecule has 5 heteroatoms. The van der Waals surface area contributed by atoms with E-state index in [4.69, 9.17) is 9.47 Å². The van der Waals surface area contributed by atoms with Crippen molar-refractivity contribution in [2.24, 2.45) is 0 Å². The van der Waals surface area contributed by atoms with Gasteiger partial charge in [-0.1, -0.05) is 58.8 Å². The topological polar surface area (TPSA) is 55.8 Å². The normalized spacial score (nSPS) is 11.0. The van der Waals surface area contributed by atoms with Crippen LogP contribution in [0.2, 0.25) is 0 Å². The molecule has 0 aliphatic rings. The summed E-state index contributed by atoms with van der Waals surface area (Å²) in [6, 6.07) is 0. The number of hydrogen-bond donors (Lipinski definition) is 0. The van der Waals surface area contributed by atoms with E-state index in [1.807, 2.05) is 6.92 Å². The van der Waals surface area contributed by atoms with E-state index in [2.05, 4.69) is 11.8 Å². The molecule has 172 valence electrons. The summed E-state index contributed by atoms with van der Waals surface area (Å²) in [4.78, 5) is 24.6. The number of carbonyl (C=O) groups is 2. The molecule has 0 spiro atoms. The predicted molar refractivity (Wildman–Crippen MR) is 120 cm³/mol. The second kappa shape index (κ2) is 21.6. The standard InChI is InChI=1S/C24H47NO4/c1-4-17-24(27)29-22-16-12-8-10-14-20-25(18-5-2)19-13-9-6-7-11-15-21-28-23(3)26/h4-22H2,1-3H3. The number of carbonyl (C=O) groups excluding carboxylic acids is 2. The van der Waals surface area contributed by atoms with Crippen molar-refractivity contribution in [1.29, 1.82) is 0 Å². The zero-order chi connectivity index (χ0) is 21.6. The van der Waals surface area contributed by atoms with Gasteiger partial charge >= 0.3 is 11.9 Å². The molecule has 0 bridgehead atoms. The van der Waals surface area contributed by atoms with Crippen LogP contribution >= 0.6 is 0 Å². The van der Waals surface area contributed by atoms with E-state index in [1.165, 1.54) is 77.9 Å². The van der Waals surface area contributed by atoms with Crippen molar-refractivity contribution in [1.82, 2.24) is 4.90 Å². The highest BCUT2D eigenvalue weighted by molar-refractivity contribution is 5.69. The van der Waals surface area contributed by atoms with Crippen LogP contribution in [0.15, 0.2) is 0 Å². The molecule has 0 aliphatic carbocycles. The quantitative estimate of drug-likeness (QED) is 0.173. The summed E-state index contributed by atoms with van der Waals surface area (Å²) >= 11 is 0. The highest BCUT2D eigenvalue weighted by atomic mass is 16.5. The minimum absolute atomic E-state index is 0.0512. The first-order valence-corrected chi connectivity index (χ1v) is 12.1. The molecule has 0 aliphatic heterocycles.